The van der Waals surface area contributed by atoms with E-state index in [2.05, 4.69) is 0 Å². The quantitative estimate of drug-likeness (QED) is 0.893. The summed E-state index contributed by atoms with van der Waals surface area (Å²) in [7, 11) is 1.59. The molecule has 4 nitrogen and oxygen atoms in total. The lowest BCUT2D eigenvalue weighted by Crippen LogP contribution is -2.16. The number of hydrogen-bond acceptors (Lipinski definition) is 4. The van der Waals surface area contributed by atoms with Crippen molar-refractivity contribution in [3.8, 4) is 11.5 Å². The molecule has 0 aliphatic carbocycles. The van der Waals surface area contributed by atoms with E-state index in [4.69, 9.17) is 31.5 Å². The summed E-state index contributed by atoms with van der Waals surface area (Å²) in [6.07, 6.45) is 2.27. The standard InChI is InChI=1S/C13H18ClNO3/c1-16-12-6-9(7-15)5-11(14)13(12)18-8-10-3-2-4-17-10/h5-6,10H,2-4,7-8,15H2,1H3. The van der Waals surface area contributed by atoms with E-state index in [1.165, 1.54) is 0 Å². The lowest BCUT2D eigenvalue weighted by atomic mass is 10.2. The van der Waals surface area contributed by atoms with E-state index >= 15 is 0 Å². The molecule has 1 aromatic carbocycles. The molecule has 18 heavy (non-hydrogen) atoms. The molecule has 5 heteroatoms. The zero-order valence-electron chi connectivity index (χ0n) is 10.4. The summed E-state index contributed by atoms with van der Waals surface area (Å²) in [5.41, 5.74) is 6.51. The highest BCUT2D eigenvalue weighted by Gasteiger charge is 2.18. The van der Waals surface area contributed by atoms with Crippen molar-refractivity contribution in [3.05, 3.63) is 22.7 Å². The van der Waals surface area contributed by atoms with Crippen LogP contribution < -0.4 is 15.2 Å². The van der Waals surface area contributed by atoms with Crippen molar-refractivity contribution >= 4 is 11.6 Å². The number of methoxy groups -OCH3 is 1. The fourth-order valence-corrected chi connectivity index (χ4v) is 2.27. The molecule has 0 radical (unpaired) electrons. The van der Waals surface area contributed by atoms with Gasteiger partial charge < -0.3 is 19.9 Å². The van der Waals surface area contributed by atoms with Gasteiger partial charge in [0.25, 0.3) is 0 Å². The van der Waals surface area contributed by atoms with Gasteiger partial charge in [-0.3, -0.25) is 0 Å². The van der Waals surface area contributed by atoms with Crippen molar-refractivity contribution in [2.45, 2.75) is 25.5 Å². The Kier molecular flexibility index (Phi) is 4.69. The number of hydrogen-bond donors (Lipinski definition) is 1. The van der Waals surface area contributed by atoms with Crippen LogP contribution in [0.5, 0.6) is 11.5 Å². The summed E-state index contributed by atoms with van der Waals surface area (Å²) < 4.78 is 16.5. The van der Waals surface area contributed by atoms with Gasteiger partial charge >= 0.3 is 0 Å². The minimum Gasteiger partial charge on any atom is -0.493 e. The Morgan fingerprint density at radius 3 is 2.94 bits per heavy atom. The van der Waals surface area contributed by atoms with Crippen LogP contribution in [0, 0.1) is 0 Å². The van der Waals surface area contributed by atoms with E-state index < -0.39 is 0 Å². The third-order valence-electron chi connectivity index (χ3n) is 2.96. The van der Waals surface area contributed by atoms with E-state index in [0.29, 0.717) is 29.7 Å². The molecule has 1 atom stereocenters. The summed E-state index contributed by atoms with van der Waals surface area (Å²) in [6.45, 7) is 1.73. The molecule has 0 aromatic heterocycles. The highest BCUT2D eigenvalue weighted by atomic mass is 35.5. The second kappa shape index (κ2) is 6.27. The number of benzene rings is 1. The fraction of sp³-hybridized carbons (Fsp3) is 0.538. The second-order valence-corrected chi connectivity index (χ2v) is 4.67. The van der Waals surface area contributed by atoms with Gasteiger partial charge in [-0.15, -0.1) is 0 Å². The van der Waals surface area contributed by atoms with Crippen LogP contribution >= 0.6 is 11.6 Å². The Bertz CT molecular complexity index is 405. The topological polar surface area (TPSA) is 53.7 Å². The average Bonchev–Trinajstić information content (AvgIpc) is 2.89. The largest absolute Gasteiger partial charge is 0.493 e. The Balaban J connectivity index is 2.10. The summed E-state index contributed by atoms with van der Waals surface area (Å²) in [5.74, 6) is 1.17. The average molecular weight is 272 g/mol. The van der Waals surface area contributed by atoms with Crippen LogP contribution in [0.1, 0.15) is 18.4 Å². The number of halogens is 1. The van der Waals surface area contributed by atoms with Gasteiger partial charge in [-0.2, -0.15) is 0 Å². The SMILES string of the molecule is COc1cc(CN)cc(Cl)c1OCC1CCCO1. The second-order valence-electron chi connectivity index (χ2n) is 4.26. The van der Waals surface area contributed by atoms with Gasteiger partial charge in [0, 0.05) is 13.2 Å². The lowest BCUT2D eigenvalue weighted by molar-refractivity contribution is 0.0670. The zero-order valence-corrected chi connectivity index (χ0v) is 11.2. The molecule has 0 amide bonds. The molecule has 0 spiro atoms. The molecular formula is C13H18ClNO3. The Hall–Kier alpha value is -0.970. The van der Waals surface area contributed by atoms with Crippen molar-refractivity contribution in [1.29, 1.82) is 0 Å². The van der Waals surface area contributed by atoms with Crippen molar-refractivity contribution in [3.63, 3.8) is 0 Å². The first-order valence-electron chi connectivity index (χ1n) is 6.05. The van der Waals surface area contributed by atoms with Crippen LogP contribution in [0.4, 0.5) is 0 Å². The molecule has 100 valence electrons. The van der Waals surface area contributed by atoms with Gasteiger partial charge in [0.2, 0.25) is 0 Å². The Labute approximate surface area is 112 Å². The first-order chi connectivity index (χ1) is 8.74. The number of ether oxygens (including phenoxy) is 3. The van der Waals surface area contributed by atoms with Crippen molar-refractivity contribution < 1.29 is 14.2 Å². The summed E-state index contributed by atoms with van der Waals surface area (Å²) in [4.78, 5) is 0. The van der Waals surface area contributed by atoms with Gasteiger partial charge in [0.15, 0.2) is 11.5 Å². The van der Waals surface area contributed by atoms with Crippen LogP contribution in [0.3, 0.4) is 0 Å². The maximum Gasteiger partial charge on any atom is 0.179 e. The molecule has 2 rings (SSSR count). The maximum atomic E-state index is 6.18. The molecule has 1 aromatic rings. The highest BCUT2D eigenvalue weighted by Crippen LogP contribution is 2.36. The summed E-state index contributed by atoms with van der Waals surface area (Å²) in [5, 5.41) is 0.521. The predicted octanol–water partition coefficient (Wildman–Crippen LogP) is 2.37. The van der Waals surface area contributed by atoms with Gasteiger partial charge in [-0.25, -0.2) is 0 Å². The molecule has 1 saturated heterocycles. The molecule has 1 fully saturated rings. The smallest absolute Gasteiger partial charge is 0.179 e. The van der Waals surface area contributed by atoms with Crippen LogP contribution in [0.2, 0.25) is 5.02 Å². The zero-order chi connectivity index (χ0) is 13.0. The summed E-state index contributed by atoms with van der Waals surface area (Å²) >= 11 is 6.18. The molecule has 1 heterocycles. The van der Waals surface area contributed by atoms with Gasteiger partial charge in [-0.1, -0.05) is 11.6 Å². The minimum atomic E-state index is 0.153. The van der Waals surface area contributed by atoms with E-state index in [-0.39, 0.29) is 6.10 Å². The van der Waals surface area contributed by atoms with Crippen molar-refractivity contribution in [1.82, 2.24) is 0 Å². The Morgan fingerprint density at radius 1 is 1.50 bits per heavy atom. The summed E-state index contributed by atoms with van der Waals surface area (Å²) in [6, 6.07) is 3.64. The van der Waals surface area contributed by atoms with Crippen LogP contribution in [0.15, 0.2) is 12.1 Å². The highest BCUT2D eigenvalue weighted by molar-refractivity contribution is 6.32. The molecule has 0 bridgehead atoms. The minimum absolute atomic E-state index is 0.153. The number of nitrogens with two attached hydrogens (primary N) is 1. The van der Waals surface area contributed by atoms with Crippen molar-refractivity contribution in [2.24, 2.45) is 5.73 Å². The fourth-order valence-electron chi connectivity index (χ4n) is 1.98. The maximum absolute atomic E-state index is 6.18. The molecule has 1 aliphatic rings. The molecule has 1 aliphatic heterocycles. The van der Waals surface area contributed by atoms with Gasteiger partial charge in [0.05, 0.1) is 18.2 Å². The first-order valence-corrected chi connectivity index (χ1v) is 6.43. The van der Waals surface area contributed by atoms with Crippen molar-refractivity contribution in [2.75, 3.05) is 20.3 Å². The van der Waals surface area contributed by atoms with Crippen LogP contribution in [0.25, 0.3) is 0 Å². The first kappa shape index (κ1) is 13.5. The number of rotatable bonds is 5. The van der Waals surface area contributed by atoms with E-state index in [0.717, 1.165) is 25.0 Å². The monoisotopic (exact) mass is 271 g/mol. The van der Waals surface area contributed by atoms with Gasteiger partial charge in [0.1, 0.15) is 6.61 Å². The third kappa shape index (κ3) is 3.07. The molecule has 2 N–H and O–H groups in total. The van der Waals surface area contributed by atoms with E-state index in [9.17, 15) is 0 Å². The lowest BCUT2D eigenvalue weighted by Gasteiger charge is -2.16. The van der Waals surface area contributed by atoms with Gasteiger partial charge in [-0.05, 0) is 30.5 Å². The normalized spacial score (nSPS) is 18.9. The molecule has 0 saturated carbocycles. The Morgan fingerprint density at radius 2 is 2.33 bits per heavy atom. The van der Waals surface area contributed by atoms with E-state index in [1.54, 1.807) is 13.2 Å². The van der Waals surface area contributed by atoms with Crippen LogP contribution in [-0.2, 0) is 11.3 Å². The molecule has 1 unspecified atom stereocenters. The predicted molar refractivity (Wildman–Crippen MR) is 70.4 cm³/mol. The third-order valence-corrected chi connectivity index (χ3v) is 3.24. The van der Waals surface area contributed by atoms with E-state index in [1.807, 2.05) is 6.07 Å². The van der Waals surface area contributed by atoms with Crippen LogP contribution in [-0.4, -0.2) is 26.4 Å². The molecular weight excluding hydrogens is 254 g/mol.